The molecule has 0 aliphatic carbocycles. The van der Waals surface area contributed by atoms with Gasteiger partial charge in [-0.15, -0.1) is 10.2 Å². The second kappa shape index (κ2) is 9.28. The number of hydrogen-bond acceptors (Lipinski definition) is 7. The van der Waals surface area contributed by atoms with Crippen molar-refractivity contribution in [3.63, 3.8) is 0 Å². The first-order valence-electron chi connectivity index (χ1n) is 10.3. The fourth-order valence-corrected chi connectivity index (χ4v) is 5.34. The average molecular weight is 475 g/mol. The van der Waals surface area contributed by atoms with Crippen LogP contribution < -0.4 is 10.1 Å². The number of rotatable bonds is 6. The average Bonchev–Trinajstić information content (AvgIpc) is 3.29. The summed E-state index contributed by atoms with van der Waals surface area (Å²) < 4.78 is 53.0. The number of ether oxygens (including phenoxy) is 1. The predicted octanol–water partition coefficient (Wildman–Crippen LogP) is 3.41. The molecule has 4 rings (SSSR count). The van der Waals surface area contributed by atoms with Gasteiger partial charge in [-0.25, -0.2) is 12.8 Å². The Balaban J connectivity index is 1.57. The third-order valence-electron chi connectivity index (χ3n) is 5.40. The second-order valence-corrected chi connectivity index (χ2v) is 9.61. The van der Waals surface area contributed by atoms with Crippen LogP contribution in [-0.4, -0.2) is 49.0 Å². The summed E-state index contributed by atoms with van der Waals surface area (Å²) in [4.78, 5) is 11.5. The zero-order valence-corrected chi connectivity index (χ0v) is 18.9. The molecule has 0 radical (unpaired) electrons. The standard InChI is InChI=1S/C22H23FN4O5S/c1-14(28)24-19-12-16(9-10-20(19)31-2)33(29,30)27-11-5-6-15(13-27)21-25-26-22(32-21)17-7-3-4-8-18(17)23/h3-4,7-10,12,15H,5-6,11,13H2,1-2H3,(H,24,28)/t15-/m1/s1. The number of halogens is 1. The number of methoxy groups -OCH3 is 1. The highest BCUT2D eigenvalue weighted by atomic mass is 32.2. The molecule has 0 unspecified atom stereocenters. The minimum atomic E-state index is -3.86. The lowest BCUT2D eigenvalue weighted by Gasteiger charge is -2.30. The van der Waals surface area contributed by atoms with Crippen molar-refractivity contribution in [2.24, 2.45) is 0 Å². The van der Waals surface area contributed by atoms with Crippen LogP contribution in [0.4, 0.5) is 10.1 Å². The zero-order valence-electron chi connectivity index (χ0n) is 18.1. The lowest BCUT2D eigenvalue weighted by molar-refractivity contribution is -0.114. The van der Waals surface area contributed by atoms with E-state index in [1.807, 2.05) is 0 Å². The van der Waals surface area contributed by atoms with Gasteiger partial charge in [0.1, 0.15) is 11.6 Å². The maximum Gasteiger partial charge on any atom is 0.250 e. The molecule has 1 aliphatic rings. The van der Waals surface area contributed by atoms with Crippen LogP contribution in [0.3, 0.4) is 0 Å². The number of piperidine rings is 1. The lowest BCUT2D eigenvalue weighted by atomic mass is 10.00. The molecule has 2 heterocycles. The van der Waals surface area contributed by atoms with Gasteiger partial charge in [-0.2, -0.15) is 4.31 Å². The number of sulfonamides is 1. The molecule has 9 nitrogen and oxygen atoms in total. The molecule has 1 saturated heterocycles. The molecule has 0 saturated carbocycles. The van der Waals surface area contributed by atoms with Crippen molar-refractivity contribution >= 4 is 21.6 Å². The molecule has 174 valence electrons. The molecule has 33 heavy (non-hydrogen) atoms. The summed E-state index contributed by atoms with van der Waals surface area (Å²) in [5.41, 5.74) is 0.464. The van der Waals surface area contributed by atoms with Gasteiger partial charge in [0.15, 0.2) is 0 Å². The zero-order chi connectivity index (χ0) is 23.6. The van der Waals surface area contributed by atoms with Crippen LogP contribution in [0.2, 0.25) is 0 Å². The molecular formula is C22H23FN4O5S. The molecule has 1 amide bonds. The number of hydrogen-bond donors (Lipinski definition) is 1. The van der Waals surface area contributed by atoms with E-state index in [0.717, 1.165) is 0 Å². The first-order valence-corrected chi connectivity index (χ1v) is 11.8. The second-order valence-electron chi connectivity index (χ2n) is 7.67. The number of carbonyl (C=O) groups is 1. The molecule has 1 fully saturated rings. The number of benzene rings is 2. The Labute approximate surface area is 190 Å². The monoisotopic (exact) mass is 474 g/mol. The Morgan fingerprint density at radius 2 is 2.03 bits per heavy atom. The van der Waals surface area contributed by atoms with Crippen LogP contribution in [0.5, 0.6) is 5.75 Å². The first-order chi connectivity index (χ1) is 15.8. The smallest absolute Gasteiger partial charge is 0.250 e. The number of anilines is 1. The van der Waals surface area contributed by atoms with Crippen molar-refractivity contribution in [3.8, 4) is 17.2 Å². The van der Waals surface area contributed by atoms with Crippen LogP contribution >= 0.6 is 0 Å². The van der Waals surface area contributed by atoms with Gasteiger partial charge in [-0.1, -0.05) is 12.1 Å². The summed E-state index contributed by atoms with van der Waals surface area (Å²) >= 11 is 0. The highest BCUT2D eigenvalue weighted by Crippen LogP contribution is 2.34. The Bertz CT molecular complexity index is 1280. The fraction of sp³-hybridized carbons (Fsp3) is 0.318. The summed E-state index contributed by atoms with van der Waals surface area (Å²) in [6.45, 7) is 1.80. The third kappa shape index (κ3) is 4.74. The highest BCUT2D eigenvalue weighted by molar-refractivity contribution is 7.89. The number of nitrogens with one attached hydrogen (secondary N) is 1. The molecule has 3 aromatic rings. The van der Waals surface area contributed by atoms with Crippen molar-refractivity contribution in [1.82, 2.24) is 14.5 Å². The maximum absolute atomic E-state index is 14.0. The molecular weight excluding hydrogens is 451 g/mol. The van der Waals surface area contributed by atoms with E-state index in [2.05, 4.69) is 15.5 Å². The Hall–Kier alpha value is -3.31. The van der Waals surface area contributed by atoms with E-state index in [9.17, 15) is 17.6 Å². The Morgan fingerprint density at radius 3 is 2.76 bits per heavy atom. The molecule has 0 spiro atoms. The van der Waals surface area contributed by atoms with E-state index in [1.165, 1.54) is 42.6 Å². The molecule has 1 atom stereocenters. The fourth-order valence-electron chi connectivity index (χ4n) is 3.79. The predicted molar refractivity (Wildman–Crippen MR) is 118 cm³/mol. The normalized spacial score (nSPS) is 17.0. The van der Waals surface area contributed by atoms with Crippen molar-refractivity contribution in [3.05, 3.63) is 54.2 Å². The van der Waals surface area contributed by atoms with E-state index in [0.29, 0.717) is 25.1 Å². The molecule has 1 aromatic heterocycles. The summed E-state index contributed by atoms with van der Waals surface area (Å²) in [5, 5.41) is 10.6. The first kappa shape index (κ1) is 22.9. The van der Waals surface area contributed by atoms with Crippen molar-refractivity contribution in [2.45, 2.75) is 30.6 Å². The summed E-state index contributed by atoms with van der Waals surface area (Å²) in [6, 6.07) is 10.4. The van der Waals surface area contributed by atoms with Gasteiger partial charge in [0, 0.05) is 20.0 Å². The van der Waals surface area contributed by atoms with Crippen molar-refractivity contribution in [2.75, 3.05) is 25.5 Å². The van der Waals surface area contributed by atoms with Gasteiger partial charge in [0.25, 0.3) is 5.89 Å². The van der Waals surface area contributed by atoms with Crippen LogP contribution in [0.1, 0.15) is 31.6 Å². The lowest BCUT2D eigenvalue weighted by Crippen LogP contribution is -2.39. The third-order valence-corrected chi connectivity index (χ3v) is 7.26. The van der Waals surface area contributed by atoms with Gasteiger partial charge in [-0.3, -0.25) is 4.79 Å². The van der Waals surface area contributed by atoms with E-state index in [1.54, 1.807) is 18.2 Å². The Morgan fingerprint density at radius 1 is 1.24 bits per heavy atom. The number of amides is 1. The SMILES string of the molecule is COc1ccc(S(=O)(=O)N2CCC[C@@H](c3nnc(-c4ccccc4F)o3)C2)cc1NC(C)=O. The van der Waals surface area contributed by atoms with Gasteiger partial charge in [0.2, 0.25) is 21.8 Å². The number of aromatic nitrogens is 2. The van der Waals surface area contributed by atoms with Crippen LogP contribution in [0, 0.1) is 5.82 Å². The maximum atomic E-state index is 14.0. The summed E-state index contributed by atoms with van der Waals surface area (Å²) in [5.74, 6) is -0.472. The molecule has 1 N–H and O–H groups in total. The summed E-state index contributed by atoms with van der Waals surface area (Å²) in [7, 11) is -2.43. The highest BCUT2D eigenvalue weighted by Gasteiger charge is 2.34. The molecule has 0 bridgehead atoms. The Kier molecular flexibility index (Phi) is 6.43. The van der Waals surface area contributed by atoms with Crippen molar-refractivity contribution < 1.29 is 26.8 Å². The van der Waals surface area contributed by atoms with Gasteiger partial charge in [-0.05, 0) is 43.2 Å². The van der Waals surface area contributed by atoms with E-state index in [-0.39, 0.29) is 46.3 Å². The molecule has 2 aromatic carbocycles. The number of carbonyl (C=O) groups excluding carboxylic acids is 1. The molecule has 11 heteroatoms. The topological polar surface area (TPSA) is 115 Å². The quantitative estimate of drug-likeness (QED) is 0.582. The largest absolute Gasteiger partial charge is 0.495 e. The summed E-state index contributed by atoms with van der Waals surface area (Å²) in [6.07, 6.45) is 1.25. The number of nitrogens with zero attached hydrogens (tertiary/aromatic N) is 3. The minimum absolute atomic E-state index is 0.0327. The van der Waals surface area contributed by atoms with Gasteiger partial charge >= 0.3 is 0 Å². The van der Waals surface area contributed by atoms with E-state index in [4.69, 9.17) is 9.15 Å². The van der Waals surface area contributed by atoms with Gasteiger partial charge < -0.3 is 14.5 Å². The van der Waals surface area contributed by atoms with Crippen molar-refractivity contribution in [1.29, 1.82) is 0 Å². The molecule has 1 aliphatic heterocycles. The van der Waals surface area contributed by atoms with Crippen LogP contribution in [-0.2, 0) is 14.8 Å². The van der Waals surface area contributed by atoms with E-state index >= 15 is 0 Å². The minimum Gasteiger partial charge on any atom is -0.495 e. The van der Waals surface area contributed by atoms with Crippen LogP contribution in [0.25, 0.3) is 11.5 Å². The van der Waals surface area contributed by atoms with Gasteiger partial charge in [0.05, 0.1) is 29.2 Å². The van der Waals surface area contributed by atoms with E-state index < -0.39 is 15.8 Å². The van der Waals surface area contributed by atoms with Crippen LogP contribution in [0.15, 0.2) is 51.8 Å².